The molecule has 0 saturated carbocycles. The molecule has 0 bridgehead atoms. The van der Waals surface area contributed by atoms with Gasteiger partial charge in [0.25, 0.3) is 0 Å². The van der Waals surface area contributed by atoms with Gasteiger partial charge in [-0.15, -0.1) is 11.3 Å². The zero-order chi connectivity index (χ0) is 7.56. The van der Waals surface area contributed by atoms with Crippen LogP contribution in [-0.2, 0) is 0 Å². The summed E-state index contributed by atoms with van der Waals surface area (Å²) in [5.41, 5.74) is 0. The van der Waals surface area contributed by atoms with E-state index in [1.165, 1.54) is 4.88 Å². The van der Waals surface area contributed by atoms with Gasteiger partial charge in [0.15, 0.2) is 0 Å². The lowest BCUT2D eigenvalue weighted by molar-refractivity contribution is 0.910. The molecule has 1 aromatic heterocycles. The molecule has 1 aromatic rings. The van der Waals surface area contributed by atoms with Crippen LogP contribution in [0.5, 0.6) is 0 Å². The normalized spacial score (nSPS) is 13.5. The molecular formula is C8H10ClS. The predicted molar refractivity (Wildman–Crippen MR) is 47.7 cm³/mol. The van der Waals surface area contributed by atoms with Crippen molar-refractivity contribution in [1.82, 2.24) is 0 Å². The fraction of sp³-hybridized carbons (Fsp3) is 0.375. The SMILES string of the molecule is C[CH]C(C)c1ccc(Cl)s1. The van der Waals surface area contributed by atoms with Gasteiger partial charge in [-0.1, -0.05) is 25.4 Å². The Morgan fingerprint density at radius 3 is 2.70 bits per heavy atom. The standard InChI is InChI=1S/C8H10ClS/c1-3-6(2)7-4-5-8(9)10-7/h3-6H,1-2H3. The van der Waals surface area contributed by atoms with Crippen LogP contribution in [0.25, 0.3) is 0 Å². The first-order valence-electron chi connectivity index (χ1n) is 3.28. The van der Waals surface area contributed by atoms with Crippen molar-refractivity contribution >= 4 is 22.9 Å². The van der Waals surface area contributed by atoms with Crippen LogP contribution in [0.3, 0.4) is 0 Å². The van der Waals surface area contributed by atoms with Crippen LogP contribution in [0.15, 0.2) is 12.1 Å². The van der Waals surface area contributed by atoms with Gasteiger partial charge in [0.05, 0.1) is 4.34 Å². The number of hydrogen-bond acceptors (Lipinski definition) is 1. The number of rotatable bonds is 2. The highest BCUT2D eigenvalue weighted by molar-refractivity contribution is 7.16. The van der Waals surface area contributed by atoms with Crippen molar-refractivity contribution in [3.8, 4) is 0 Å². The molecular weight excluding hydrogens is 164 g/mol. The van der Waals surface area contributed by atoms with E-state index in [1.54, 1.807) is 11.3 Å². The van der Waals surface area contributed by atoms with Crippen molar-refractivity contribution in [2.24, 2.45) is 0 Å². The number of thiophene rings is 1. The monoisotopic (exact) mass is 173 g/mol. The molecule has 1 rings (SSSR count). The first-order chi connectivity index (χ1) is 4.74. The molecule has 1 radical (unpaired) electrons. The zero-order valence-corrected chi connectivity index (χ0v) is 7.67. The van der Waals surface area contributed by atoms with Crippen LogP contribution >= 0.6 is 22.9 Å². The molecule has 1 heterocycles. The summed E-state index contributed by atoms with van der Waals surface area (Å²) >= 11 is 7.42. The van der Waals surface area contributed by atoms with E-state index in [0.29, 0.717) is 5.92 Å². The summed E-state index contributed by atoms with van der Waals surface area (Å²) in [5, 5.41) is 0. The summed E-state index contributed by atoms with van der Waals surface area (Å²) in [6.07, 6.45) is 2.17. The molecule has 55 valence electrons. The lowest BCUT2D eigenvalue weighted by Crippen LogP contribution is -1.85. The van der Waals surface area contributed by atoms with Gasteiger partial charge in [-0.3, -0.25) is 0 Å². The molecule has 0 spiro atoms. The average molecular weight is 174 g/mol. The van der Waals surface area contributed by atoms with E-state index < -0.39 is 0 Å². The van der Waals surface area contributed by atoms with E-state index in [-0.39, 0.29) is 0 Å². The van der Waals surface area contributed by atoms with Gasteiger partial charge in [0.1, 0.15) is 0 Å². The summed E-state index contributed by atoms with van der Waals surface area (Å²) in [6, 6.07) is 4.03. The van der Waals surface area contributed by atoms with Crippen LogP contribution in [-0.4, -0.2) is 0 Å². The Kier molecular flexibility index (Phi) is 2.75. The van der Waals surface area contributed by atoms with Crippen LogP contribution in [0.1, 0.15) is 24.6 Å². The fourth-order valence-electron chi connectivity index (χ4n) is 0.737. The third-order valence-corrected chi connectivity index (χ3v) is 2.97. The highest BCUT2D eigenvalue weighted by Crippen LogP contribution is 2.28. The van der Waals surface area contributed by atoms with Crippen molar-refractivity contribution in [2.75, 3.05) is 0 Å². The maximum Gasteiger partial charge on any atom is 0.0931 e. The smallest absolute Gasteiger partial charge is 0.0931 e. The fourth-order valence-corrected chi connectivity index (χ4v) is 1.89. The predicted octanol–water partition coefficient (Wildman–Crippen LogP) is 3.73. The number of halogens is 1. The molecule has 0 nitrogen and oxygen atoms in total. The van der Waals surface area contributed by atoms with Gasteiger partial charge >= 0.3 is 0 Å². The van der Waals surface area contributed by atoms with E-state index in [0.717, 1.165) is 4.34 Å². The first-order valence-corrected chi connectivity index (χ1v) is 4.48. The summed E-state index contributed by atoms with van der Waals surface area (Å²) in [4.78, 5) is 1.34. The second kappa shape index (κ2) is 3.40. The molecule has 2 heteroatoms. The topological polar surface area (TPSA) is 0 Å². The minimum Gasteiger partial charge on any atom is -0.128 e. The molecule has 0 amide bonds. The van der Waals surface area contributed by atoms with Crippen molar-refractivity contribution in [2.45, 2.75) is 19.8 Å². The maximum absolute atomic E-state index is 5.77. The average Bonchev–Trinajstić information content (AvgIpc) is 2.34. The highest BCUT2D eigenvalue weighted by atomic mass is 35.5. The lowest BCUT2D eigenvalue weighted by Gasteiger charge is -2.01. The van der Waals surface area contributed by atoms with Gasteiger partial charge in [0, 0.05) is 4.88 Å². The van der Waals surface area contributed by atoms with E-state index in [2.05, 4.69) is 26.3 Å². The molecule has 0 aromatic carbocycles. The Morgan fingerprint density at radius 2 is 2.30 bits per heavy atom. The zero-order valence-electron chi connectivity index (χ0n) is 6.10. The molecule has 1 atom stereocenters. The Bertz CT molecular complexity index is 205. The second-order valence-corrected chi connectivity index (χ2v) is 4.01. The summed E-state index contributed by atoms with van der Waals surface area (Å²) < 4.78 is 0.878. The third-order valence-electron chi connectivity index (χ3n) is 1.54. The Morgan fingerprint density at radius 1 is 1.60 bits per heavy atom. The summed E-state index contributed by atoms with van der Waals surface area (Å²) in [6.45, 7) is 4.24. The molecule has 0 aliphatic heterocycles. The third kappa shape index (κ3) is 1.74. The van der Waals surface area contributed by atoms with E-state index in [4.69, 9.17) is 11.6 Å². The minimum absolute atomic E-state index is 0.539. The van der Waals surface area contributed by atoms with E-state index >= 15 is 0 Å². The largest absolute Gasteiger partial charge is 0.128 e. The van der Waals surface area contributed by atoms with Gasteiger partial charge in [-0.05, 0) is 24.5 Å². The van der Waals surface area contributed by atoms with Crippen LogP contribution < -0.4 is 0 Å². The maximum atomic E-state index is 5.77. The van der Waals surface area contributed by atoms with Crippen molar-refractivity contribution in [3.63, 3.8) is 0 Å². The van der Waals surface area contributed by atoms with Gasteiger partial charge in [-0.2, -0.15) is 0 Å². The van der Waals surface area contributed by atoms with Crippen molar-refractivity contribution in [3.05, 3.63) is 27.8 Å². The van der Waals surface area contributed by atoms with Crippen LogP contribution in [0, 0.1) is 6.42 Å². The molecule has 0 aliphatic carbocycles. The molecule has 0 aliphatic rings. The molecule has 0 saturated heterocycles. The quantitative estimate of drug-likeness (QED) is 0.640. The van der Waals surface area contributed by atoms with E-state index in [1.807, 2.05) is 6.07 Å². The molecule has 0 fully saturated rings. The van der Waals surface area contributed by atoms with Crippen molar-refractivity contribution < 1.29 is 0 Å². The lowest BCUT2D eigenvalue weighted by atomic mass is 10.1. The molecule has 10 heavy (non-hydrogen) atoms. The summed E-state index contributed by atoms with van der Waals surface area (Å²) in [7, 11) is 0. The van der Waals surface area contributed by atoms with Crippen molar-refractivity contribution in [1.29, 1.82) is 0 Å². The first kappa shape index (κ1) is 8.09. The van der Waals surface area contributed by atoms with Gasteiger partial charge in [-0.25, -0.2) is 0 Å². The Hall–Kier alpha value is -0.0100. The van der Waals surface area contributed by atoms with Crippen LogP contribution in [0.4, 0.5) is 0 Å². The highest BCUT2D eigenvalue weighted by Gasteiger charge is 2.04. The minimum atomic E-state index is 0.539. The second-order valence-electron chi connectivity index (χ2n) is 2.26. The molecule has 1 unspecified atom stereocenters. The number of hydrogen-bond donors (Lipinski definition) is 0. The summed E-state index contributed by atoms with van der Waals surface area (Å²) in [5.74, 6) is 0.539. The van der Waals surface area contributed by atoms with Gasteiger partial charge in [0.2, 0.25) is 0 Å². The molecule has 0 N–H and O–H groups in total. The van der Waals surface area contributed by atoms with E-state index in [9.17, 15) is 0 Å². The Balaban J connectivity index is 2.74. The Labute approximate surface area is 70.8 Å². The van der Waals surface area contributed by atoms with Crippen LogP contribution in [0.2, 0.25) is 4.34 Å². The van der Waals surface area contributed by atoms with Gasteiger partial charge < -0.3 is 0 Å².